The molecule has 0 saturated carbocycles. The van der Waals surface area contributed by atoms with Crippen molar-refractivity contribution in [2.45, 2.75) is 31.8 Å². The highest BCUT2D eigenvalue weighted by Crippen LogP contribution is 1.99. The molecule has 8 heteroatoms. The molecular weight excluding hydrogens is 240 g/mol. The fraction of sp³-hybridized carbons (Fsp3) is 0.700. The number of carboxylic acid groups (broad SMARTS) is 2. The summed E-state index contributed by atoms with van der Waals surface area (Å²) in [6, 6.07) is -1.79. The van der Waals surface area contributed by atoms with E-state index in [-0.39, 0.29) is 5.96 Å². The molecule has 0 aliphatic carbocycles. The standard InChI is InChI=1S/C10H20N4O4/c1-6(8(15)16)14-7(9(17)18)4-3-5-13-10(11)12-2/h6-7,14H,3-5H2,1-2H3,(H,15,16)(H,17,18)(H3,11,12,13). The number of hydrogen-bond donors (Lipinski definition) is 5. The predicted octanol–water partition coefficient (Wildman–Crippen LogP) is -1.18. The van der Waals surface area contributed by atoms with E-state index in [0.717, 1.165) is 0 Å². The summed E-state index contributed by atoms with van der Waals surface area (Å²) in [7, 11) is 1.54. The van der Waals surface area contributed by atoms with E-state index < -0.39 is 24.0 Å². The number of nitrogens with one attached hydrogen (secondary N) is 2. The van der Waals surface area contributed by atoms with Crippen LogP contribution in [-0.2, 0) is 9.59 Å². The van der Waals surface area contributed by atoms with E-state index in [0.29, 0.717) is 19.4 Å². The summed E-state index contributed by atoms with van der Waals surface area (Å²) in [5.41, 5.74) is 5.40. The Morgan fingerprint density at radius 2 is 1.94 bits per heavy atom. The summed E-state index contributed by atoms with van der Waals surface area (Å²) in [4.78, 5) is 25.2. The van der Waals surface area contributed by atoms with Crippen LogP contribution < -0.4 is 16.4 Å². The van der Waals surface area contributed by atoms with Crippen molar-refractivity contribution in [2.75, 3.05) is 13.6 Å². The van der Waals surface area contributed by atoms with Gasteiger partial charge >= 0.3 is 11.9 Å². The summed E-state index contributed by atoms with van der Waals surface area (Å²) in [6.45, 7) is 1.88. The second-order valence-corrected chi connectivity index (χ2v) is 3.80. The molecule has 0 saturated heterocycles. The number of aliphatic carboxylic acids is 2. The van der Waals surface area contributed by atoms with Gasteiger partial charge in [-0.05, 0) is 19.8 Å². The van der Waals surface area contributed by atoms with Crippen molar-refractivity contribution >= 4 is 17.9 Å². The molecule has 2 atom stereocenters. The molecule has 0 spiro atoms. The predicted molar refractivity (Wildman–Crippen MR) is 66.4 cm³/mol. The molecule has 0 aromatic heterocycles. The maximum Gasteiger partial charge on any atom is 0.320 e. The summed E-state index contributed by atoms with van der Waals surface area (Å²) in [5, 5.41) is 22.9. The third kappa shape index (κ3) is 6.69. The highest BCUT2D eigenvalue weighted by molar-refractivity contribution is 5.78. The molecule has 6 N–H and O–H groups in total. The lowest BCUT2D eigenvalue weighted by Gasteiger charge is -2.17. The lowest BCUT2D eigenvalue weighted by Crippen LogP contribution is -2.46. The maximum absolute atomic E-state index is 10.9. The number of carboxylic acids is 2. The minimum atomic E-state index is -1.08. The molecule has 0 radical (unpaired) electrons. The number of aliphatic imine (C=N–C) groups is 1. The highest BCUT2D eigenvalue weighted by Gasteiger charge is 2.22. The first-order chi connectivity index (χ1) is 8.38. The lowest BCUT2D eigenvalue weighted by molar-refractivity contribution is -0.142. The Bertz CT molecular complexity index is 319. The topological polar surface area (TPSA) is 137 Å². The van der Waals surface area contributed by atoms with Crippen LogP contribution in [-0.4, -0.2) is 53.8 Å². The van der Waals surface area contributed by atoms with Crippen LogP contribution in [0, 0.1) is 0 Å². The Morgan fingerprint density at radius 1 is 1.33 bits per heavy atom. The van der Waals surface area contributed by atoms with Crippen LogP contribution in [0.15, 0.2) is 4.99 Å². The van der Waals surface area contributed by atoms with Crippen LogP contribution in [0.2, 0.25) is 0 Å². The molecule has 0 heterocycles. The molecule has 18 heavy (non-hydrogen) atoms. The van der Waals surface area contributed by atoms with E-state index in [1.807, 2.05) is 0 Å². The normalized spacial score (nSPS) is 14.9. The van der Waals surface area contributed by atoms with Gasteiger partial charge in [-0.25, -0.2) is 0 Å². The third-order valence-corrected chi connectivity index (χ3v) is 2.34. The van der Waals surface area contributed by atoms with Gasteiger partial charge in [0.25, 0.3) is 0 Å². The number of nitrogens with zero attached hydrogens (tertiary/aromatic N) is 1. The minimum absolute atomic E-state index is 0.286. The van der Waals surface area contributed by atoms with Crippen LogP contribution >= 0.6 is 0 Å². The van der Waals surface area contributed by atoms with Crippen LogP contribution in [0.3, 0.4) is 0 Å². The van der Waals surface area contributed by atoms with Gasteiger partial charge in [0.2, 0.25) is 0 Å². The first-order valence-corrected chi connectivity index (χ1v) is 5.56. The van der Waals surface area contributed by atoms with Gasteiger partial charge < -0.3 is 21.3 Å². The van der Waals surface area contributed by atoms with Crippen LogP contribution in [0.5, 0.6) is 0 Å². The molecule has 8 nitrogen and oxygen atoms in total. The van der Waals surface area contributed by atoms with E-state index in [4.69, 9.17) is 15.9 Å². The number of carbonyl (C=O) groups is 2. The summed E-state index contributed by atoms with van der Waals surface area (Å²) < 4.78 is 0. The van der Waals surface area contributed by atoms with Gasteiger partial charge in [-0.3, -0.25) is 19.9 Å². The van der Waals surface area contributed by atoms with E-state index in [9.17, 15) is 9.59 Å². The smallest absolute Gasteiger partial charge is 0.320 e. The Labute approximate surface area is 105 Å². The van der Waals surface area contributed by atoms with E-state index >= 15 is 0 Å². The zero-order valence-corrected chi connectivity index (χ0v) is 10.5. The molecule has 0 amide bonds. The van der Waals surface area contributed by atoms with Gasteiger partial charge in [-0.2, -0.15) is 0 Å². The lowest BCUT2D eigenvalue weighted by atomic mass is 10.1. The molecule has 104 valence electrons. The van der Waals surface area contributed by atoms with Crippen LogP contribution in [0.4, 0.5) is 0 Å². The first-order valence-electron chi connectivity index (χ1n) is 5.56. The van der Waals surface area contributed by atoms with Gasteiger partial charge in [0.05, 0.1) is 0 Å². The van der Waals surface area contributed by atoms with Gasteiger partial charge in [-0.1, -0.05) is 0 Å². The van der Waals surface area contributed by atoms with Crippen LogP contribution in [0.25, 0.3) is 0 Å². The maximum atomic E-state index is 10.9. The Morgan fingerprint density at radius 3 is 2.39 bits per heavy atom. The Balaban J connectivity index is 4.06. The zero-order chi connectivity index (χ0) is 14.1. The fourth-order valence-electron chi connectivity index (χ4n) is 1.25. The Hall–Kier alpha value is -1.83. The van der Waals surface area contributed by atoms with Gasteiger partial charge in [-0.15, -0.1) is 0 Å². The molecule has 0 aromatic rings. The average molecular weight is 260 g/mol. The van der Waals surface area contributed by atoms with E-state index in [1.54, 1.807) is 7.05 Å². The molecule has 0 rings (SSSR count). The van der Waals surface area contributed by atoms with Crippen molar-refractivity contribution in [3.05, 3.63) is 0 Å². The van der Waals surface area contributed by atoms with Crippen molar-refractivity contribution in [1.82, 2.24) is 10.6 Å². The van der Waals surface area contributed by atoms with Gasteiger partial charge in [0.1, 0.15) is 12.1 Å². The summed E-state index contributed by atoms with van der Waals surface area (Å²) in [6.07, 6.45) is 0.837. The van der Waals surface area contributed by atoms with Crippen molar-refractivity contribution in [2.24, 2.45) is 10.7 Å². The molecule has 0 aliphatic rings. The second-order valence-electron chi connectivity index (χ2n) is 3.80. The number of nitrogens with two attached hydrogens (primary N) is 1. The van der Waals surface area contributed by atoms with Crippen molar-refractivity contribution in [3.8, 4) is 0 Å². The van der Waals surface area contributed by atoms with E-state index in [2.05, 4.69) is 15.6 Å². The second kappa shape index (κ2) is 8.29. The van der Waals surface area contributed by atoms with Crippen LogP contribution in [0.1, 0.15) is 19.8 Å². The monoisotopic (exact) mass is 260 g/mol. The zero-order valence-electron chi connectivity index (χ0n) is 10.5. The Kier molecular flexibility index (Phi) is 7.45. The van der Waals surface area contributed by atoms with Crippen molar-refractivity contribution in [1.29, 1.82) is 0 Å². The molecule has 2 unspecified atom stereocenters. The molecule has 0 aliphatic heterocycles. The SMILES string of the molecule is CN=C(N)NCCCC(NC(C)C(=O)O)C(=O)O. The number of rotatable bonds is 8. The van der Waals surface area contributed by atoms with E-state index in [1.165, 1.54) is 6.92 Å². The summed E-state index contributed by atoms with van der Waals surface area (Å²) in [5.74, 6) is -1.87. The fourth-order valence-corrected chi connectivity index (χ4v) is 1.25. The first kappa shape index (κ1) is 16.2. The minimum Gasteiger partial charge on any atom is -0.480 e. The van der Waals surface area contributed by atoms with Gasteiger partial charge in [0, 0.05) is 13.6 Å². The number of hydrogen-bond acceptors (Lipinski definition) is 4. The summed E-state index contributed by atoms with van der Waals surface area (Å²) >= 11 is 0. The average Bonchev–Trinajstić information content (AvgIpc) is 2.31. The third-order valence-electron chi connectivity index (χ3n) is 2.34. The van der Waals surface area contributed by atoms with Crippen molar-refractivity contribution in [3.63, 3.8) is 0 Å². The molecule has 0 aromatic carbocycles. The van der Waals surface area contributed by atoms with Gasteiger partial charge in [0.15, 0.2) is 5.96 Å². The van der Waals surface area contributed by atoms with Crippen molar-refractivity contribution < 1.29 is 19.8 Å². The highest BCUT2D eigenvalue weighted by atomic mass is 16.4. The largest absolute Gasteiger partial charge is 0.480 e. The molecule has 0 bridgehead atoms. The molecular formula is C10H20N4O4. The molecule has 0 fully saturated rings. The number of guanidine groups is 1. The quantitative estimate of drug-likeness (QED) is 0.210.